The van der Waals surface area contributed by atoms with Crippen LogP contribution in [0.4, 0.5) is 0 Å². The highest BCUT2D eigenvalue weighted by Gasteiger charge is 2.02. The van der Waals surface area contributed by atoms with Gasteiger partial charge in [0.05, 0.1) is 0 Å². The molecule has 2 N–H and O–H groups in total. The lowest BCUT2D eigenvalue weighted by atomic mass is 10.2. The first-order valence-corrected chi connectivity index (χ1v) is 6.53. The first-order chi connectivity index (χ1) is 8.59. The molecule has 1 aromatic rings. The number of aryl methyl sites for hydroxylation is 1. The zero-order valence-electron chi connectivity index (χ0n) is 11.6. The van der Waals surface area contributed by atoms with Crippen LogP contribution in [0, 0.1) is 5.92 Å². The molecule has 0 saturated heterocycles. The summed E-state index contributed by atoms with van der Waals surface area (Å²) >= 11 is 0. The Morgan fingerprint density at radius 1 is 1.44 bits per heavy atom. The number of aromatic nitrogens is 2. The van der Waals surface area contributed by atoms with Crippen LogP contribution >= 0.6 is 0 Å². The summed E-state index contributed by atoms with van der Waals surface area (Å²) < 4.78 is 2.01. The predicted molar refractivity (Wildman–Crippen MR) is 72.2 cm³/mol. The summed E-state index contributed by atoms with van der Waals surface area (Å²) in [7, 11) is 1.99. The van der Waals surface area contributed by atoms with Crippen LogP contribution in [0.5, 0.6) is 0 Å². The zero-order chi connectivity index (χ0) is 13.4. The number of nitrogens with zero attached hydrogens (tertiary/aromatic N) is 2. The van der Waals surface area contributed by atoms with Crippen molar-refractivity contribution in [2.45, 2.75) is 26.7 Å². The maximum Gasteiger partial charge on any atom is 0.221 e. The van der Waals surface area contributed by atoms with Gasteiger partial charge in [0.2, 0.25) is 5.91 Å². The maximum atomic E-state index is 11.4. The van der Waals surface area contributed by atoms with E-state index in [-0.39, 0.29) is 5.91 Å². The number of carbonyl (C=O) groups is 1. The van der Waals surface area contributed by atoms with E-state index < -0.39 is 0 Å². The monoisotopic (exact) mass is 252 g/mol. The smallest absolute Gasteiger partial charge is 0.221 e. The fraction of sp³-hybridized carbons (Fsp3) is 0.692. The molecule has 5 heteroatoms. The lowest BCUT2D eigenvalue weighted by molar-refractivity contribution is -0.121. The summed E-state index contributed by atoms with van der Waals surface area (Å²) in [4.78, 5) is 15.7. The van der Waals surface area contributed by atoms with Crippen LogP contribution in [-0.2, 0) is 18.3 Å². The highest BCUT2D eigenvalue weighted by Crippen LogP contribution is 1.94. The van der Waals surface area contributed by atoms with Crippen LogP contribution in [-0.4, -0.2) is 35.1 Å². The first kappa shape index (κ1) is 14.7. The topological polar surface area (TPSA) is 59.0 Å². The number of hydrogen-bond donors (Lipinski definition) is 2. The second-order valence-electron chi connectivity index (χ2n) is 4.90. The Labute approximate surface area is 109 Å². The fourth-order valence-corrected chi connectivity index (χ4v) is 1.57. The van der Waals surface area contributed by atoms with Gasteiger partial charge in [-0.15, -0.1) is 0 Å². The third-order valence-corrected chi connectivity index (χ3v) is 2.68. The highest BCUT2D eigenvalue weighted by atomic mass is 16.1. The standard InChI is InChI=1S/C13H24N4O/c1-11(2)10-16-13(18)5-7-14-6-4-12-15-8-9-17(12)3/h8-9,11,14H,4-7,10H2,1-3H3,(H,16,18). The molecule has 5 nitrogen and oxygen atoms in total. The molecule has 0 saturated carbocycles. The molecule has 0 bridgehead atoms. The Morgan fingerprint density at radius 3 is 2.83 bits per heavy atom. The van der Waals surface area contributed by atoms with Crippen molar-refractivity contribution >= 4 is 5.91 Å². The Hall–Kier alpha value is -1.36. The van der Waals surface area contributed by atoms with E-state index in [1.165, 1.54) is 0 Å². The van der Waals surface area contributed by atoms with Crippen LogP contribution in [0.25, 0.3) is 0 Å². The van der Waals surface area contributed by atoms with Crippen LogP contribution < -0.4 is 10.6 Å². The van der Waals surface area contributed by atoms with Crippen molar-refractivity contribution in [1.29, 1.82) is 0 Å². The lowest BCUT2D eigenvalue weighted by Gasteiger charge is -2.08. The van der Waals surface area contributed by atoms with Crippen molar-refractivity contribution in [2.75, 3.05) is 19.6 Å². The maximum absolute atomic E-state index is 11.4. The van der Waals surface area contributed by atoms with Crippen molar-refractivity contribution in [3.63, 3.8) is 0 Å². The number of carbonyl (C=O) groups excluding carboxylic acids is 1. The molecule has 0 spiro atoms. The molecule has 1 rings (SSSR count). The number of hydrogen-bond acceptors (Lipinski definition) is 3. The summed E-state index contributed by atoms with van der Waals surface area (Å²) in [5.41, 5.74) is 0. The van der Waals surface area contributed by atoms with Gasteiger partial charge in [-0.2, -0.15) is 0 Å². The molecule has 0 aliphatic heterocycles. The molecule has 0 aliphatic rings. The van der Waals surface area contributed by atoms with Crippen LogP contribution in [0.1, 0.15) is 26.1 Å². The first-order valence-electron chi connectivity index (χ1n) is 6.53. The normalized spacial score (nSPS) is 10.9. The summed E-state index contributed by atoms with van der Waals surface area (Å²) in [6.07, 6.45) is 5.16. The average Bonchev–Trinajstić information content (AvgIpc) is 2.72. The van der Waals surface area contributed by atoms with Gasteiger partial charge in [-0.25, -0.2) is 4.98 Å². The molecule has 0 fully saturated rings. The lowest BCUT2D eigenvalue weighted by Crippen LogP contribution is -2.30. The minimum absolute atomic E-state index is 0.119. The molecule has 0 unspecified atom stereocenters. The van der Waals surface area contributed by atoms with E-state index in [9.17, 15) is 4.79 Å². The second kappa shape index (κ2) is 7.87. The summed E-state index contributed by atoms with van der Waals surface area (Å²) in [6, 6.07) is 0. The zero-order valence-corrected chi connectivity index (χ0v) is 11.6. The largest absolute Gasteiger partial charge is 0.356 e. The molecule has 102 valence electrons. The molecule has 0 aliphatic carbocycles. The molecule has 1 heterocycles. The number of amides is 1. The van der Waals surface area contributed by atoms with Gasteiger partial charge in [-0.1, -0.05) is 13.8 Å². The number of rotatable bonds is 8. The van der Waals surface area contributed by atoms with Gasteiger partial charge >= 0.3 is 0 Å². The van der Waals surface area contributed by atoms with Gasteiger partial charge in [0.1, 0.15) is 5.82 Å². The van der Waals surface area contributed by atoms with Crippen molar-refractivity contribution in [3.05, 3.63) is 18.2 Å². The quantitative estimate of drug-likeness (QED) is 0.670. The minimum Gasteiger partial charge on any atom is -0.356 e. The molecular weight excluding hydrogens is 228 g/mol. The fourth-order valence-electron chi connectivity index (χ4n) is 1.57. The third-order valence-electron chi connectivity index (χ3n) is 2.68. The van der Waals surface area contributed by atoms with E-state index in [1.807, 2.05) is 17.8 Å². The Balaban J connectivity index is 2.02. The summed E-state index contributed by atoms with van der Waals surface area (Å²) in [5.74, 6) is 1.69. The second-order valence-corrected chi connectivity index (χ2v) is 4.90. The van der Waals surface area contributed by atoms with Gasteiger partial charge < -0.3 is 15.2 Å². The van der Waals surface area contributed by atoms with Crippen molar-refractivity contribution in [1.82, 2.24) is 20.2 Å². The molecule has 18 heavy (non-hydrogen) atoms. The Bertz CT molecular complexity index is 360. The van der Waals surface area contributed by atoms with Crippen molar-refractivity contribution < 1.29 is 4.79 Å². The average molecular weight is 252 g/mol. The number of nitrogens with one attached hydrogen (secondary N) is 2. The SMILES string of the molecule is CC(C)CNC(=O)CCNCCc1nccn1C. The van der Waals surface area contributed by atoms with E-state index in [1.54, 1.807) is 6.20 Å². The minimum atomic E-state index is 0.119. The van der Waals surface area contributed by atoms with Gasteiger partial charge in [-0.05, 0) is 5.92 Å². The van der Waals surface area contributed by atoms with Gasteiger partial charge in [-0.3, -0.25) is 4.79 Å². The third kappa shape index (κ3) is 5.82. The molecule has 1 aromatic heterocycles. The van der Waals surface area contributed by atoms with Crippen molar-refractivity contribution in [2.24, 2.45) is 13.0 Å². The van der Waals surface area contributed by atoms with E-state index in [2.05, 4.69) is 29.5 Å². The van der Waals surface area contributed by atoms with Crippen LogP contribution in [0.15, 0.2) is 12.4 Å². The van der Waals surface area contributed by atoms with Gasteiger partial charge in [0.25, 0.3) is 0 Å². The molecule has 0 radical (unpaired) electrons. The van der Waals surface area contributed by atoms with Crippen molar-refractivity contribution in [3.8, 4) is 0 Å². The van der Waals surface area contributed by atoms with E-state index in [0.29, 0.717) is 18.9 Å². The summed E-state index contributed by atoms with van der Waals surface area (Å²) in [6.45, 7) is 6.50. The predicted octanol–water partition coefficient (Wildman–Crippen LogP) is 0.715. The Morgan fingerprint density at radius 2 is 2.22 bits per heavy atom. The van der Waals surface area contributed by atoms with Gasteiger partial charge in [0.15, 0.2) is 0 Å². The highest BCUT2D eigenvalue weighted by molar-refractivity contribution is 5.76. The Kier molecular flexibility index (Phi) is 6.43. The van der Waals surface area contributed by atoms with E-state index >= 15 is 0 Å². The molecule has 1 amide bonds. The van der Waals surface area contributed by atoms with E-state index in [4.69, 9.17) is 0 Å². The molecule has 0 atom stereocenters. The van der Waals surface area contributed by atoms with E-state index in [0.717, 1.165) is 25.3 Å². The number of imidazole rings is 1. The molecular formula is C13H24N4O. The summed E-state index contributed by atoms with van der Waals surface area (Å²) in [5, 5.41) is 6.16. The van der Waals surface area contributed by atoms with Crippen LogP contribution in [0.2, 0.25) is 0 Å². The van der Waals surface area contributed by atoms with Gasteiger partial charge in [0, 0.05) is 51.9 Å². The molecule has 0 aromatic carbocycles. The van der Waals surface area contributed by atoms with Crippen LogP contribution in [0.3, 0.4) is 0 Å².